The molecular weight excluding hydrogens is 307 g/mol. The predicted molar refractivity (Wildman–Crippen MR) is 82.8 cm³/mol. The van der Waals surface area contributed by atoms with Crippen molar-refractivity contribution in [3.05, 3.63) is 42.0 Å². The number of fused-ring (bicyclic) bond motifs is 1. The van der Waals surface area contributed by atoms with Crippen LogP contribution in [0.1, 0.15) is 5.56 Å². The molecule has 2 N–H and O–H groups in total. The zero-order valence-corrected chi connectivity index (χ0v) is 12.1. The summed E-state index contributed by atoms with van der Waals surface area (Å²) in [6, 6.07) is 6.41. The van der Waals surface area contributed by atoms with E-state index in [1.807, 2.05) is 0 Å². The molecule has 3 rings (SSSR count). The van der Waals surface area contributed by atoms with E-state index >= 15 is 0 Å². The van der Waals surface area contributed by atoms with Gasteiger partial charge < -0.3 is 10.3 Å². The number of anilines is 2. The highest BCUT2D eigenvalue weighted by Gasteiger charge is 2.16. The van der Waals surface area contributed by atoms with Gasteiger partial charge in [-0.25, -0.2) is 13.7 Å². The van der Waals surface area contributed by atoms with Gasteiger partial charge in [0.1, 0.15) is 5.82 Å². The van der Waals surface area contributed by atoms with Gasteiger partial charge in [0.15, 0.2) is 17.0 Å². The zero-order chi connectivity index (χ0) is 15.7. The van der Waals surface area contributed by atoms with E-state index < -0.39 is 0 Å². The van der Waals surface area contributed by atoms with Crippen LogP contribution in [0.25, 0.3) is 11.2 Å². The summed E-state index contributed by atoms with van der Waals surface area (Å²) in [5.74, 6) is -0.179. The molecule has 0 radical (unpaired) electrons. The van der Waals surface area contributed by atoms with Crippen LogP contribution in [0.4, 0.5) is 16.2 Å². The van der Waals surface area contributed by atoms with Gasteiger partial charge in [0.25, 0.3) is 0 Å². The van der Waals surface area contributed by atoms with Crippen molar-refractivity contribution in [2.75, 3.05) is 10.0 Å². The summed E-state index contributed by atoms with van der Waals surface area (Å²) in [4.78, 5) is 23.1. The molecule has 0 aliphatic rings. The van der Waals surface area contributed by atoms with Gasteiger partial charge >= 0.3 is 0 Å². The summed E-state index contributed by atoms with van der Waals surface area (Å²) in [6.07, 6.45) is 1.96. The summed E-state index contributed by atoms with van der Waals surface area (Å²) in [7, 11) is 0. The number of thiol groups is 1. The number of aromatic nitrogens is 4. The van der Waals surface area contributed by atoms with Crippen molar-refractivity contribution >= 4 is 42.2 Å². The van der Waals surface area contributed by atoms with Crippen molar-refractivity contribution in [2.24, 2.45) is 0 Å². The van der Waals surface area contributed by atoms with Gasteiger partial charge in [0.2, 0.25) is 12.4 Å². The van der Waals surface area contributed by atoms with E-state index in [9.17, 15) is 9.18 Å². The number of imidazole rings is 1. The molecule has 0 aliphatic heterocycles. The van der Waals surface area contributed by atoms with Gasteiger partial charge in [-0.05, 0) is 6.07 Å². The number of nitrogens with zero attached hydrogens (tertiary/aromatic N) is 5. The Hall–Kier alpha value is -2.68. The standard InChI is InChI=1S/C13H11FN6OS/c14-9-4-2-1-3-8(9)5-19-6-16-10-11(19)17-13(15)18-12(10)20(22)7-21/h1-4,6-7,22H,5H2,(H2,15,17,18). The second-order valence-corrected chi connectivity index (χ2v) is 4.92. The maximum atomic E-state index is 13.8. The van der Waals surface area contributed by atoms with Crippen molar-refractivity contribution in [1.82, 2.24) is 19.5 Å². The highest BCUT2D eigenvalue weighted by atomic mass is 32.1. The molecule has 0 fully saturated rings. The largest absolute Gasteiger partial charge is 0.368 e. The Bertz CT molecular complexity index is 852. The summed E-state index contributed by atoms with van der Waals surface area (Å²) < 4.78 is 16.4. The molecule has 112 valence electrons. The van der Waals surface area contributed by atoms with E-state index in [1.54, 1.807) is 22.8 Å². The normalized spacial score (nSPS) is 10.8. The van der Waals surface area contributed by atoms with E-state index in [1.165, 1.54) is 12.4 Å². The Kier molecular flexibility index (Phi) is 3.63. The second kappa shape index (κ2) is 5.60. The van der Waals surface area contributed by atoms with Crippen LogP contribution < -0.4 is 10.0 Å². The van der Waals surface area contributed by atoms with Gasteiger partial charge in [-0.2, -0.15) is 9.97 Å². The number of nitrogens with two attached hydrogens (primary N) is 1. The number of hydrogen-bond donors (Lipinski definition) is 2. The number of hydrogen-bond acceptors (Lipinski definition) is 6. The van der Waals surface area contributed by atoms with E-state index in [0.29, 0.717) is 23.1 Å². The molecule has 1 aromatic carbocycles. The number of amides is 1. The van der Waals surface area contributed by atoms with E-state index in [4.69, 9.17) is 5.73 Å². The first-order chi connectivity index (χ1) is 10.6. The Morgan fingerprint density at radius 3 is 2.86 bits per heavy atom. The quantitative estimate of drug-likeness (QED) is 0.561. The van der Waals surface area contributed by atoms with Crippen molar-refractivity contribution in [3.63, 3.8) is 0 Å². The first kappa shape index (κ1) is 14.3. The van der Waals surface area contributed by atoms with Crippen LogP contribution in [-0.4, -0.2) is 25.9 Å². The molecule has 0 spiro atoms. The highest BCUT2D eigenvalue weighted by Crippen LogP contribution is 2.24. The average molecular weight is 318 g/mol. The molecule has 0 saturated carbocycles. The van der Waals surface area contributed by atoms with Crippen molar-refractivity contribution in [3.8, 4) is 0 Å². The topological polar surface area (TPSA) is 89.9 Å². The summed E-state index contributed by atoms with van der Waals surface area (Å²) in [6.45, 7) is 0.229. The number of rotatable bonds is 4. The SMILES string of the molecule is Nc1nc(N(S)C=O)c2ncn(Cc3ccccc3F)c2n1. The van der Waals surface area contributed by atoms with Crippen LogP contribution in [0, 0.1) is 5.82 Å². The number of halogens is 1. The fourth-order valence-corrected chi connectivity index (χ4v) is 2.22. The van der Waals surface area contributed by atoms with E-state index in [2.05, 4.69) is 27.8 Å². The fourth-order valence-electron chi connectivity index (χ4n) is 2.08. The molecule has 0 bridgehead atoms. The Balaban J connectivity index is 2.11. The molecular formula is C13H11FN6OS. The highest BCUT2D eigenvalue weighted by molar-refractivity contribution is 7.82. The number of carbonyl (C=O) groups is 1. The van der Waals surface area contributed by atoms with Gasteiger partial charge in [0.05, 0.1) is 12.9 Å². The minimum atomic E-state index is -0.324. The third-order valence-corrected chi connectivity index (χ3v) is 3.36. The summed E-state index contributed by atoms with van der Waals surface area (Å²) in [5, 5.41) is 0. The lowest BCUT2D eigenvalue weighted by molar-refractivity contribution is -0.106. The van der Waals surface area contributed by atoms with Gasteiger partial charge in [-0.1, -0.05) is 31.0 Å². The van der Waals surface area contributed by atoms with Gasteiger partial charge in [0, 0.05) is 5.56 Å². The maximum Gasteiger partial charge on any atom is 0.225 e. The lowest BCUT2D eigenvalue weighted by Crippen LogP contribution is -2.12. The van der Waals surface area contributed by atoms with Crippen molar-refractivity contribution < 1.29 is 9.18 Å². The molecule has 1 amide bonds. The zero-order valence-electron chi connectivity index (χ0n) is 11.2. The Morgan fingerprint density at radius 1 is 1.36 bits per heavy atom. The minimum absolute atomic E-state index is 0.0290. The number of benzene rings is 1. The summed E-state index contributed by atoms with van der Waals surface area (Å²) >= 11 is 3.98. The van der Waals surface area contributed by atoms with Crippen LogP contribution in [0.15, 0.2) is 30.6 Å². The third kappa shape index (κ3) is 2.46. The van der Waals surface area contributed by atoms with Gasteiger partial charge in [-0.3, -0.25) is 4.79 Å². The van der Waals surface area contributed by atoms with Crippen LogP contribution in [0.5, 0.6) is 0 Å². The molecule has 2 heterocycles. The van der Waals surface area contributed by atoms with Crippen LogP contribution >= 0.6 is 12.8 Å². The van der Waals surface area contributed by atoms with Crippen LogP contribution in [0.2, 0.25) is 0 Å². The van der Waals surface area contributed by atoms with E-state index in [-0.39, 0.29) is 24.1 Å². The molecule has 0 atom stereocenters. The van der Waals surface area contributed by atoms with Crippen LogP contribution in [0.3, 0.4) is 0 Å². The number of nitrogen functional groups attached to an aromatic ring is 1. The maximum absolute atomic E-state index is 13.8. The molecule has 0 aliphatic carbocycles. The summed E-state index contributed by atoms with van der Waals surface area (Å²) in [5.41, 5.74) is 6.89. The molecule has 3 aromatic rings. The molecule has 0 saturated heterocycles. The monoisotopic (exact) mass is 318 g/mol. The first-order valence-electron chi connectivity index (χ1n) is 6.25. The first-order valence-corrected chi connectivity index (χ1v) is 6.65. The Morgan fingerprint density at radius 2 is 2.14 bits per heavy atom. The van der Waals surface area contributed by atoms with Gasteiger partial charge in [-0.15, -0.1) is 0 Å². The molecule has 0 unspecified atom stereocenters. The second-order valence-electron chi connectivity index (χ2n) is 4.49. The average Bonchev–Trinajstić information content (AvgIpc) is 2.91. The molecule has 22 heavy (non-hydrogen) atoms. The van der Waals surface area contributed by atoms with Crippen molar-refractivity contribution in [1.29, 1.82) is 0 Å². The Labute approximate surface area is 130 Å². The van der Waals surface area contributed by atoms with Crippen LogP contribution in [-0.2, 0) is 11.3 Å². The lowest BCUT2D eigenvalue weighted by atomic mass is 10.2. The predicted octanol–water partition coefficient (Wildman–Crippen LogP) is 1.40. The minimum Gasteiger partial charge on any atom is -0.368 e. The van der Waals surface area contributed by atoms with E-state index in [0.717, 1.165) is 4.31 Å². The molecule has 7 nitrogen and oxygen atoms in total. The number of carbonyl (C=O) groups excluding carboxylic acids is 1. The third-order valence-electron chi connectivity index (χ3n) is 3.08. The lowest BCUT2D eigenvalue weighted by Gasteiger charge is -2.10. The fraction of sp³-hybridized carbons (Fsp3) is 0.0769. The smallest absolute Gasteiger partial charge is 0.225 e. The molecule has 9 heteroatoms. The van der Waals surface area contributed by atoms with Crippen molar-refractivity contribution in [2.45, 2.75) is 6.54 Å². The molecule has 2 aromatic heterocycles.